The molecule has 2 aromatic rings. The summed E-state index contributed by atoms with van der Waals surface area (Å²) in [6.45, 7) is 6.48. The van der Waals surface area contributed by atoms with Crippen LogP contribution < -0.4 is 15.4 Å². The first-order valence-electron chi connectivity index (χ1n) is 9.44. The molecule has 0 aromatic heterocycles. The lowest BCUT2D eigenvalue weighted by Gasteiger charge is -2.17. The zero-order chi connectivity index (χ0) is 21.4. The smallest absolute Gasteiger partial charge is 0.265 e. The van der Waals surface area contributed by atoms with Crippen LogP contribution in [0.3, 0.4) is 0 Å². The van der Waals surface area contributed by atoms with Gasteiger partial charge in [-0.25, -0.2) is 0 Å². The van der Waals surface area contributed by atoms with E-state index in [1.165, 1.54) is 0 Å². The van der Waals surface area contributed by atoms with Crippen molar-refractivity contribution in [2.45, 2.75) is 33.3 Å². The number of para-hydroxylation sites is 1. The van der Waals surface area contributed by atoms with Crippen molar-refractivity contribution in [3.05, 3.63) is 58.1 Å². The molecule has 156 valence electrons. The van der Waals surface area contributed by atoms with Gasteiger partial charge in [0.15, 0.2) is 6.10 Å². The summed E-state index contributed by atoms with van der Waals surface area (Å²) >= 11 is 6.18. The Morgan fingerprint density at radius 3 is 2.45 bits per heavy atom. The second-order valence-corrected chi connectivity index (χ2v) is 7.15. The van der Waals surface area contributed by atoms with E-state index >= 15 is 0 Å². The van der Waals surface area contributed by atoms with E-state index in [4.69, 9.17) is 21.1 Å². The third kappa shape index (κ3) is 6.48. The standard InChI is InChI=1S/C22H27ClN2O4/c1-14-12-17(13-15(2)20(14)23)29-16(3)21(26)25-19-9-6-5-8-18(19)22(27)24-10-7-11-28-4/h5-6,8-9,12-13,16H,7,10-11H2,1-4H3,(H,24,27)(H,25,26). The highest BCUT2D eigenvalue weighted by Crippen LogP contribution is 2.26. The molecule has 0 spiro atoms. The van der Waals surface area contributed by atoms with Crippen LogP contribution in [-0.2, 0) is 9.53 Å². The number of carbonyl (C=O) groups is 2. The van der Waals surface area contributed by atoms with Crippen molar-refractivity contribution in [3.63, 3.8) is 0 Å². The lowest BCUT2D eigenvalue weighted by Crippen LogP contribution is -2.32. The summed E-state index contributed by atoms with van der Waals surface area (Å²) in [5.41, 5.74) is 2.58. The summed E-state index contributed by atoms with van der Waals surface area (Å²) in [7, 11) is 1.61. The number of anilines is 1. The Kier molecular flexibility index (Phi) is 8.49. The highest BCUT2D eigenvalue weighted by molar-refractivity contribution is 6.32. The minimum Gasteiger partial charge on any atom is -0.481 e. The Hall–Kier alpha value is -2.57. The molecule has 0 heterocycles. The summed E-state index contributed by atoms with van der Waals surface area (Å²) in [4.78, 5) is 25.0. The number of ether oxygens (including phenoxy) is 2. The van der Waals surface area contributed by atoms with Crippen molar-refractivity contribution >= 4 is 29.1 Å². The zero-order valence-corrected chi connectivity index (χ0v) is 17.9. The Morgan fingerprint density at radius 1 is 1.14 bits per heavy atom. The Bertz CT molecular complexity index is 847. The van der Waals surface area contributed by atoms with Crippen LogP contribution in [0.5, 0.6) is 5.75 Å². The van der Waals surface area contributed by atoms with Crippen LogP contribution in [0.2, 0.25) is 5.02 Å². The van der Waals surface area contributed by atoms with Gasteiger partial charge in [-0.1, -0.05) is 23.7 Å². The van der Waals surface area contributed by atoms with Crippen LogP contribution >= 0.6 is 11.6 Å². The van der Waals surface area contributed by atoms with E-state index in [0.29, 0.717) is 41.6 Å². The van der Waals surface area contributed by atoms with E-state index < -0.39 is 6.10 Å². The molecule has 0 aliphatic heterocycles. The number of hydrogen-bond donors (Lipinski definition) is 2. The molecule has 0 aliphatic rings. The lowest BCUT2D eigenvalue weighted by molar-refractivity contribution is -0.122. The van der Waals surface area contributed by atoms with Crippen molar-refractivity contribution in [2.75, 3.05) is 25.6 Å². The van der Waals surface area contributed by atoms with Gasteiger partial charge in [0.2, 0.25) is 0 Å². The second-order valence-electron chi connectivity index (χ2n) is 6.77. The van der Waals surface area contributed by atoms with E-state index in [1.54, 1.807) is 50.4 Å². The van der Waals surface area contributed by atoms with Crippen molar-refractivity contribution in [1.29, 1.82) is 0 Å². The molecule has 0 saturated carbocycles. The fourth-order valence-corrected chi connectivity index (χ4v) is 2.88. The summed E-state index contributed by atoms with van der Waals surface area (Å²) in [5, 5.41) is 6.28. The lowest BCUT2D eigenvalue weighted by atomic mass is 10.1. The first kappa shape index (κ1) is 22.7. The summed E-state index contributed by atoms with van der Waals surface area (Å²) in [6.07, 6.45) is -0.0468. The van der Waals surface area contributed by atoms with Crippen molar-refractivity contribution in [2.24, 2.45) is 0 Å². The maximum Gasteiger partial charge on any atom is 0.265 e. The van der Waals surface area contributed by atoms with Crippen LogP contribution in [0.4, 0.5) is 5.69 Å². The summed E-state index contributed by atoms with van der Waals surface area (Å²) in [5.74, 6) is -0.0411. The monoisotopic (exact) mass is 418 g/mol. The van der Waals surface area contributed by atoms with Gasteiger partial charge in [-0.3, -0.25) is 9.59 Å². The quantitative estimate of drug-likeness (QED) is 0.600. The van der Waals surface area contributed by atoms with Gasteiger partial charge in [-0.2, -0.15) is 0 Å². The maximum atomic E-state index is 12.6. The summed E-state index contributed by atoms with van der Waals surface area (Å²) in [6, 6.07) is 10.4. The van der Waals surface area contributed by atoms with Crippen molar-refractivity contribution < 1.29 is 19.1 Å². The van der Waals surface area contributed by atoms with Gasteiger partial charge in [-0.15, -0.1) is 0 Å². The molecule has 2 N–H and O–H groups in total. The number of halogens is 1. The molecule has 7 heteroatoms. The van der Waals surface area contributed by atoms with E-state index in [2.05, 4.69) is 10.6 Å². The van der Waals surface area contributed by atoms with E-state index in [1.807, 2.05) is 13.8 Å². The molecular formula is C22H27ClN2O4. The topological polar surface area (TPSA) is 76.7 Å². The number of benzene rings is 2. The normalized spacial score (nSPS) is 11.6. The fraction of sp³-hybridized carbons (Fsp3) is 0.364. The van der Waals surface area contributed by atoms with Gasteiger partial charge >= 0.3 is 0 Å². The van der Waals surface area contributed by atoms with Crippen molar-refractivity contribution in [3.8, 4) is 5.75 Å². The Morgan fingerprint density at radius 2 is 1.79 bits per heavy atom. The van der Waals surface area contributed by atoms with Gasteiger partial charge in [0.25, 0.3) is 11.8 Å². The van der Waals surface area contributed by atoms with Crippen molar-refractivity contribution in [1.82, 2.24) is 5.32 Å². The SMILES string of the molecule is COCCCNC(=O)c1ccccc1NC(=O)C(C)Oc1cc(C)c(Cl)c(C)c1. The highest BCUT2D eigenvalue weighted by atomic mass is 35.5. The van der Waals surface area contributed by atoms with Crippen LogP contribution in [0.25, 0.3) is 0 Å². The second kappa shape index (κ2) is 10.8. The number of nitrogens with one attached hydrogen (secondary N) is 2. The predicted octanol–water partition coefficient (Wildman–Crippen LogP) is 4.13. The number of carbonyl (C=O) groups excluding carboxylic acids is 2. The molecule has 1 atom stereocenters. The fourth-order valence-electron chi connectivity index (χ4n) is 2.77. The number of rotatable bonds is 9. The van der Waals surface area contributed by atoms with Crippen LogP contribution in [0, 0.1) is 13.8 Å². The van der Waals surface area contributed by atoms with Gasteiger partial charge < -0.3 is 20.1 Å². The minimum atomic E-state index is -0.757. The largest absolute Gasteiger partial charge is 0.481 e. The molecule has 0 fully saturated rings. The minimum absolute atomic E-state index is 0.255. The number of aryl methyl sites for hydroxylation is 2. The van der Waals surface area contributed by atoms with Crippen LogP contribution in [0.1, 0.15) is 34.8 Å². The van der Waals surface area contributed by atoms with Gasteiger partial charge in [-0.05, 0) is 62.6 Å². The zero-order valence-electron chi connectivity index (χ0n) is 17.2. The molecule has 0 aliphatic carbocycles. The van der Waals surface area contributed by atoms with Gasteiger partial charge in [0, 0.05) is 25.3 Å². The molecule has 0 radical (unpaired) electrons. The van der Waals surface area contributed by atoms with Gasteiger partial charge in [0.1, 0.15) is 5.75 Å². The molecule has 1 unspecified atom stereocenters. The molecule has 6 nitrogen and oxygen atoms in total. The third-order valence-corrected chi connectivity index (χ3v) is 4.93. The van der Waals surface area contributed by atoms with Gasteiger partial charge in [0.05, 0.1) is 11.3 Å². The predicted molar refractivity (Wildman–Crippen MR) is 115 cm³/mol. The molecular weight excluding hydrogens is 392 g/mol. The van der Waals surface area contributed by atoms with Crippen LogP contribution in [0.15, 0.2) is 36.4 Å². The molecule has 2 rings (SSSR count). The molecule has 29 heavy (non-hydrogen) atoms. The first-order chi connectivity index (χ1) is 13.8. The Labute approximate surface area is 176 Å². The maximum absolute atomic E-state index is 12.6. The third-order valence-electron chi connectivity index (χ3n) is 4.33. The average molecular weight is 419 g/mol. The molecule has 0 bridgehead atoms. The molecule has 2 aromatic carbocycles. The van der Waals surface area contributed by atoms with E-state index in [0.717, 1.165) is 11.1 Å². The molecule has 2 amide bonds. The number of amides is 2. The summed E-state index contributed by atoms with van der Waals surface area (Å²) < 4.78 is 10.7. The number of hydrogen-bond acceptors (Lipinski definition) is 4. The van der Waals surface area contributed by atoms with E-state index in [9.17, 15) is 9.59 Å². The van der Waals surface area contributed by atoms with E-state index in [-0.39, 0.29) is 11.8 Å². The molecule has 0 saturated heterocycles. The number of methoxy groups -OCH3 is 1. The van der Waals surface area contributed by atoms with Crippen LogP contribution in [-0.4, -0.2) is 38.2 Å². The highest BCUT2D eigenvalue weighted by Gasteiger charge is 2.19. The first-order valence-corrected chi connectivity index (χ1v) is 9.81. The average Bonchev–Trinajstić information content (AvgIpc) is 2.69. The Balaban J connectivity index is 2.04.